The van der Waals surface area contributed by atoms with Gasteiger partial charge in [-0.15, -0.1) is 0 Å². The molecule has 0 radical (unpaired) electrons. The van der Waals surface area contributed by atoms with Crippen LogP contribution in [0.4, 0.5) is 0 Å². The Balaban J connectivity index is 2.07. The average Bonchev–Trinajstić information content (AvgIpc) is 2.86. The van der Waals surface area contributed by atoms with Gasteiger partial charge in [0.15, 0.2) is 0 Å². The second-order valence-corrected chi connectivity index (χ2v) is 6.45. The molecule has 6 nitrogen and oxygen atoms in total. The molecule has 0 spiro atoms. The molecular weight excluding hydrogens is 259 g/mol. The van der Waals surface area contributed by atoms with E-state index >= 15 is 0 Å². The van der Waals surface area contributed by atoms with Crippen LogP contribution in [0.25, 0.3) is 0 Å². The fraction of sp³-hybridized carbons (Fsp3) is 0.923. The Morgan fingerprint density at radius 2 is 2.15 bits per heavy atom. The lowest BCUT2D eigenvalue weighted by atomic mass is 9.75. The monoisotopic (exact) mass is 284 g/mol. The fourth-order valence-electron chi connectivity index (χ4n) is 4.33. The molecule has 0 aromatic rings. The molecule has 0 amide bonds. The van der Waals surface area contributed by atoms with E-state index in [-0.39, 0.29) is 12.2 Å². The Morgan fingerprint density at radius 1 is 1.45 bits per heavy atom. The molecule has 2 rings (SSSR count). The highest BCUT2D eigenvalue weighted by molar-refractivity contribution is 6.40. The van der Waals surface area contributed by atoms with Crippen LogP contribution in [0.2, 0.25) is 6.32 Å². The van der Waals surface area contributed by atoms with Crippen molar-refractivity contribution in [2.24, 2.45) is 23.5 Å². The van der Waals surface area contributed by atoms with E-state index in [0.717, 1.165) is 12.8 Å². The maximum Gasteiger partial charge on any atom is 0.451 e. The number of aliphatic carboxylic acids is 1. The zero-order valence-electron chi connectivity index (χ0n) is 12.0. The van der Waals surface area contributed by atoms with E-state index < -0.39 is 18.6 Å². The second-order valence-electron chi connectivity index (χ2n) is 6.45. The molecule has 2 saturated carbocycles. The molecule has 0 heterocycles. The largest absolute Gasteiger partial charge is 0.480 e. The van der Waals surface area contributed by atoms with E-state index in [0.29, 0.717) is 37.1 Å². The Hall–Kier alpha value is -0.625. The van der Waals surface area contributed by atoms with E-state index in [1.807, 2.05) is 7.05 Å². The average molecular weight is 284 g/mol. The first-order valence-electron chi connectivity index (χ1n) is 7.44. The molecule has 5 atom stereocenters. The van der Waals surface area contributed by atoms with Crippen molar-refractivity contribution in [2.75, 3.05) is 7.05 Å². The Bertz CT molecular complexity index is 368. The number of hydrogen-bond donors (Lipinski definition) is 5. The minimum absolute atomic E-state index is 0.0675. The van der Waals surface area contributed by atoms with Gasteiger partial charge in [-0.05, 0) is 56.8 Å². The maximum atomic E-state index is 11.6. The summed E-state index contributed by atoms with van der Waals surface area (Å²) in [6, 6.07) is 0.453. The van der Waals surface area contributed by atoms with Crippen molar-refractivity contribution < 1.29 is 19.9 Å². The Kier molecular flexibility index (Phi) is 4.74. The first-order chi connectivity index (χ1) is 9.38. The van der Waals surface area contributed by atoms with Crippen LogP contribution in [0.5, 0.6) is 0 Å². The van der Waals surface area contributed by atoms with Gasteiger partial charge in [0.2, 0.25) is 0 Å². The van der Waals surface area contributed by atoms with Gasteiger partial charge >= 0.3 is 13.1 Å². The molecule has 2 aliphatic carbocycles. The standard InChI is InChI=1S/C13H25BN2O4/c1-16-9-5-8-7-13(15,12(17)18)11(10(8)6-9)3-2-4-14(19)20/h8-11,16,19-20H,2-7,15H2,1H3,(H,17,18)/t8-,9+,10-,11+,13+/m1/s1. The molecule has 2 fully saturated rings. The molecule has 0 bridgehead atoms. The number of carboxylic acids is 1. The summed E-state index contributed by atoms with van der Waals surface area (Å²) in [7, 11) is 0.619. The predicted molar refractivity (Wildman–Crippen MR) is 76.0 cm³/mol. The van der Waals surface area contributed by atoms with Crippen LogP contribution in [-0.4, -0.2) is 46.9 Å². The Morgan fingerprint density at radius 3 is 2.70 bits per heavy atom. The predicted octanol–water partition coefficient (Wildman–Crippen LogP) is -0.344. The highest BCUT2D eigenvalue weighted by atomic mass is 16.4. The summed E-state index contributed by atoms with van der Waals surface area (Å²) >= 11 is 0. The minimum Gasteiger partial charge on any atom is -0.480 e. The van der Waals surface area contributed by atoms with E-state index in [9.17, 15) is 9.90 Å². The van der Waals surface area contributed by atoms with E-state index in [4.69, 9.17) is 15.8 Å². The zero-order valence-corrected chi connectivity index (χ0v) is 12.0. The molecule has 6 N–H and O–H groups in total. The lowest BCUT2D eigenvalue weighted by Gasteiger charge is -2.30. The van der Waals surface area contributed by atoms with Gasteiger partial charge in [-0.2, -0.15) is 0 Å². The van der Waals surface area contributed by atoms with Gasteiger partial charge in [0.1, 0.15) is 5.54 Å². The van der Waals surface area contributed by atoms with Crippen LogP contribution < -0.4 is 11.1 Å². The van der Waals surface area contributed by atoms with E-state index in [1.165, 1.54) is 0 Å². The highest BCUT2D eigenvalue weighted by Gasteiger charge is 2.57. The summed E-state index contributed by atoms with van der Waals surface area (Å²) in [6.07, 6.45) is 4.03. The summed E-state index contributed by atoms with van der Waals surface area (Å²) in [6.45, 7) is 0. The second kappa shape index (κ2) is 6.01. The van der Waals surface area contributed by atoms with Crippen molar-refractivity contribution in [3.8, 4) is 0 Å². The molecule has 0 unspecified atom stereocenters. The summed E-state index contributed by atoms with van der Waals surface area (Å²) < 4.78 is 0. The van der Waals surface area contributed by atoms with Crippen LogP contribution in [-0.2, 0) is 4.79 Å². The quantitative estimate of drug-likeness (QED) is 0.426. The first kappa shape index (κ1) is 15.8. The fourth-order valence-corrected chi connectivity index (χ4v) is 4.33. The smallest absolute Gasteiger partial charge is 0.451 e. The lowest BCUT2D eigenvalue weighted by Crippen LogP contribution is -2.52. The maximum absolute atomic E-state index is 11.6. The first-order valence-corrected chi connectivity index (χ1v) is 7.44. The number of rotatable bonds is 6. The van der Waals surface area contributed by atoms with Gasteiger partial charge in [0.25, 0.3) is 0 Å². The van der Waals surface area contributed by atoms with Crippen LogP contribution in [0.1, 0.15) is 32.1 Å². The molecular formula is C13H25BN2O4. The molecule has 0 aromatic heterocycles. The van der Waals surface area contributed by atoms with Crippen LogP contribution in [0.3, 0.4) is 0 Å². The van der Waals surface area contributed by atoms with Crippen molar-refractivity contribution in [2.45, 2.75) is 50.0 Å². The van der Waals surface area contributed by atoms with Crippen molar-refractivity contribution in [1.82, 2.24) is 5.32 Å². The van der Waals surface area contributed by atoms with E-state index in [1.54, 1.807) is 0 Å². The number of nitrogens with one attached hydrogen (secondary N) is 1. The van der Waals surface area contributed by atoms with E-state index in [2.05, 4.69) is 5.32 Å². The number of fused-ring (bicyclic) bond motifs is 1. The molecule has 0 aliphatic heterocycles. The van der Waals surface area contributed by atoms with Crippen LogP contribution >= 0.6 is 0 Å². The van der Waals surface area contributed by atoms with Gasteiger partial charge in [0, 0.05) is 6.04 Å². The third-order valence-electron chi connectivity index (χ3n) is 5.31. The number of nitrogens with two attached hydrogens (primary N) is 1. The summed E-state index contributed by atoms with van der Waals surface area (Å²) in [5, 5.41) is 30.6. The molecule has 20 heavy (non-hydrogen) atoms. The van der Waals surface area contributed by atoms with Gasteiger partial charge in [0.05, 0.1) is 0 Å². The van der Waals surface area contributed by atoms with Crippen molar-refractivity contribution in [1.29, 1.82) is 0 Å². The van der Waals surface area contributed by atoms with Gasteiger partial charge in [-0.1, -0.05) is 6.42 Å². The minimum atomic E-state index is -1.32. The number of carbonyl (C=O) groups is 1. The SMILES string of the molecule is CN[C@H]1C[C@@H]2C[C@@](N)(C(=O)O)[C@@H](CCCB(O)O)[C@@H]2C1. The number of carboxylic acid groups (broad SMARTS) is 1. The van der Waals surface area contributed by atoms with Crippen molar-refractivity contribution >= 4 is 13.1 Å². The summed E-state index contributed by atoms with van der Waals surface area (Å²) in [4.78, 5) is 11.6. The zero-order chi connectivity index (χ0) is 14.9. The highest BCUT2D eigenvalue weighted by Crippen LogP contribution is 2.53. The summed E-state index contributed by atoms with van der Waals surface area (Å²) in [5.41, 5.74) is 5.05. The molecule has 0 saturated heterocycles. The van der Waals surface area contributed by atoms with Crippen molar-refractivity contribution in [3.63, 3.8) is 0 Å². The lowest BCUT2D eigenvalue weighted by molar-refractivity contribution is -0.145. The molecule has 2 aliphatic rings. The molecule has 114 valence electrons. The molecule has 0 aromatic carbocycles. The van der Waals surface area contributed by atoms with Gasteiger partial charge in [-0.3, -0.25) is 4.79 Å². The summed E-state index contributed by atoms with van der Waals surface area (Å²) in [5.74, 6) is -0.272. The van der Waals surface area contributed by atoms with Gasteiger partial charge in [-0.25, -0.2) is 0 Å². The third-order valence-corrected chi connectivity index (χ3v) is 5.31. The number of hydrogen-bond acceptors (Lipinski definition) is 5. The van der Waals surface area contributed by atoms with Gasteiger partial charge < -0.3 is 26.2 Å². The third kappa shape index (κ3) is 2.86. The van der Waals surface area contributed by atoms with Crippen LogP contribution in [0, 0.1) is 17.8 Å². The van der Waals surface area contributed by atoms with Crippen LogP contribution in [0.15, 0.2) is 0 Å². The molecule has 7 heteroatoms. The Labute approximate surface area is 119 Å². The topological polar surface area (TPSA) is 116 Å². The van der Waals surface area contributed by atoms with Crippen molar-refractivity contribution in [3.05, 3.63) is 0 Å². The normalized spacial score (nSPS) is 39.8.